The summed E-state index contributed by atoms with van der Waals surface area (Å²) >= 11 is 0. The maximum Gasteiger partial charge on any atom is 0.264 e. The van der Waals surface area contributed by atoms with Crippen molar-refractivity contribution < 1.29 is 28.5 Å². The monoisotopic (exact) mass is 424 g/mol. The van der Waals surface area contributed by atoms with Gasteiger partial charge in [-0.15, -0.1) is 0 Å². The van der Waals surface area contributed by atoms with Crippen LogP contribution in [0.2, 0.25) is 0 Å². The lowest BCUT2D eigenvalue weighted by atomic mass is 9.99. The second-order valence-corrected chi connectivity index (χ2v) is 7.79. The zero-order valence-corrected chi connectivity index (χ0v) is 18.1. The highest BCUT2D eigenvalue weighted by atomic mass is 16.7. The van der Waals surface area contributed by atoms with Crippen LogP contribution in [-0.2, 0) is 6.42 Å². The highest BCUT2D eigenvalue weighted by Gasteiger charge is 2.43. The van der Waals surface area contributed by atoms with Gasteiger partial charge >= 0.3 is 0 Å². The quantitative estimate of drug-likeness (QED) is 0.748. The summed E-state index contributed by atoms with van der Waals surface area (Å²) in [6.07, 6.45) is 2.37. The van der Waals surface area contributed by atoms with Crippen molar-refractivity contribution >= 4 is 17.7 Å². The summed E-state index contributed by atoms with van der Waals surface area (Å²) in [4.78, 5) is 17.5. The first-order valence-electron chi connectivity index (χ1n) is 9.96. The van der Waals surface area contributed by atoms with E-state index >= 15 is 0 Å². The summed E-state index contributed by atoms with van der Waals surface area (Å²) in [7, 11) is 8.65. The number of rotatable bonds is 4. The van der Waals surface area contributed by atoms with Gasteiger partial charge in [-0.3, -0.25) is 14.6 Å². The van der Waals surface area contributed by atoms with Crippen LogP contribution < -0.4 is 23.7 Å². The summed E-state index contributed by atoms with van der Waals surface area (Å²) in [5, 5.41) is 0. The first-order valence-corrected chi connectivity index (χ1v) is 9.96. The predicted molar refractivity (Wildman–Crippen MR) is 114 cm³/mol. The second kappa shape index (κ2) is 7.09. The fraction of sp³-hybridized carbons (Fsp3) is 0.348. The van der Waals surface area contributed by atoms with E-state index in [9.17, 15) is 4.79 Å². The molecule has 1 unspecified atom stereocenters. The van der Waals surface area contributed by atoms with Gasteiger partial charge in [0.15, 0.2) is 23.0 Å². The van der Waals surface area contributed by atoms with Crippen LogP contribution in [0.15, 0.2) is 18.2 Å². The number of hydrogen-bond donors (Lipinski definition) is 0. The van der Waals surface area contributed by atoms with E-state index in [0.29, 0.717) is 40.7 Å². The van der Waals surface area contributed by atoms with Gasteiger partial charge in [-0.1, -0.05) is 0 Å². The van der Waals surface area contributed by atoms with Crippen molar-refractivity contribution in [1.82, 2.24) is 9.80 Å². The largest absolute Gasteiger partial charge is 0.493 e. The molecule has 2 aromatic rings. The van der Waals surface area contributed by atoms with Crippen LogP contribution in [0.25, 0.3) is 11.8 Å². The van der Waals surface area contributed by atoms with Gasteiger partial charge in [-0.2, -0.15) is 0 Å². The lowest BCUT2D eigenvalue weighted by Gasteiger charge is -2.33. The zero-order chi connectivity index (χ0) is 21.9. The number of hydrogen-bond acceptors (Lipinski definition) is 7. The van der Waals surface area contributed by atoms with Crippen LogP contribution in [0.1, 0.15) is 27.0 Å². The van der Waals surface area contributed by atoms with Gasteiger partial charge < -0.3 is 23.7 Å². The second-order valence-electron chi connectivity index (χ2n) is 7.79. The van der Waals surface area contributed by atoms with E-state index in [1.54, 1.807) is 21.3 Å². The molecule has 1 amide bonds. The van der Waals surface area contributed by atoms with Crippen molar-refractivity contribution in [1.29, 1.82) is 0 Å². The molecule has 162 valence electrons. The van der Waals surface area contributed by atoms with Gasteiger partial charge in [0.1, 0.15) is 0 Å². The minimum Gasteiger partial charge on any atom is -0.493 e. The standard InChI is InChI=1S/C23H24N2O6/c1-24(2)18-9-12-8-17-22(31-11-30-17)20(28-4)14(12)10-15-13-6-7-16(27-3)21(29-5)19(13)23(26)25(15)18/h6-8,10,18H,9,11H2,1-5H3. The Kier molecular flexibility index (Phi) is 4.48. The maximum atomic E-state index is 13.7. The third-order valence-electron chi connectivity index (χ3n) is 6.04. The lowest BCUT2D eigenvalue weighted by Crippen LogP contribution is -2.45. The van der Waals surface area contributed by atoms with Crippen LogP contribution in [0.4, 0.5) is 0 Å². The highest BCUT2D eigenvalue weighted by Crippen LogP contribution is 2.51. The smallest absolute Gasteiger partial charge is 0.264 e. The Morgan fingerprint density at radius 2 is 1.84 bits per heavy atom. The van der Waals surface area contributed by atoms with Gasteiger partial charge in [0.2, 0.25) is 12.5 Å². The van der Waals surface area contributed by atoms with E-state index in [1.165, 1.54) is 0 Å². The van der Waals surface area contributed by atoms with Crippen molar-refractivity contribution in [2.45, 2.75) is 12.6 Å². The van der Waals surface area contributed by atoms with Crippen molar-refractivity contribution in [3.8, 4) is 28.7 Å². The normalized spacial score (nSPS) is 18.3. The summed E-state index contributed by atoms with van der Waals surface area (Å²) in [6, 6.07) is 5.70. The molecule has 0 N–H and O–H groups in total. The molecule has 0 radical (unpaired) electrons. The van der Waals surface area contributed by atoms with Gasteiger partial charge in [0.25, 0.3) is 5.91 Å². The maximum absolute atomic E-state index is 13.7. The summed E-state index contributed by atoms with van der Waals surface area (Å²) in [5.74, 6) is 2.70. The zero-order valence-electron chi connectivity index (χ0n) is 18.1. The van der Waals surface area contributed by atoms with E-state index < -0.39 is 0 Å². The fourth-order valence-electron chi connectivity index (χ4n) is 4.60. The molecule has 3 aliphatic rings. The van der Waals surface area contributed by atoms with Crippen LogP contribution in [0.5, 0.6) is 28.7 Å². The van der Waals surface area contributed by atoms with Gasteiger partial charge in [0, 0.05) is 17.5 Å². The first kappa shape index (κ1) is 19.6. The molecule has 0 aliphatic carbocycles. The molecule has 5 rings (SSSR count). The number of amides is 1. The lowest BCUT2D eigenvalue weighted by molar-refractivity contribution is 0.0664. The van der Waals surface area contributed by atoms with Crippen LogP contribution in [-0.4, -0.2) is 64.1 Å². The van der Waals surface area contributed by atoms with Crippen LogP contribution in [0.3, 0.4) is 0 Å². The van der Waals surface area contributed by atoms with E-state index in [-0.39, 0.29) is 18.9 Å². The Labute approximate surface area is 180 Å². The molecule has 3 aliphatic heterocycles. The number of carbonyl (C=O) groups is 1. The van der Waals surface area contributed by atoms with E-state index in [1.807, 2.05) is 48.2 Å². The number of fused-ring (bicyclic) bond motifs is 5. The molecule has 1 atom stereocenters. The Balaban J connectivity index is 1.80. The Bertz CT molecular complexity index is 1120. The average molecular weight is 424 g/mol. The Morgan fingerprint density at radius 1 is 1.06 bits per heavy atom. The molecule has 31 heavy (non-hydrogen) atoms. The predicted octanol–water partition coefficient (Wildman–Crippen LogP) is 2.84. The third kappa shape index (κ3) is 2.68. The van der Waals surface area contributed by atoms with E-state index in [4.69, 9.17) is 23.7 Å². The molecule has 8 nitrogen and oxygen atoms in total. The number of ether oxygens (including phenoxy) is 5. The molecule has 0 saturated heterocycles. The van der Waals surface area contributed by atoms with Crippen molar-refractivity contribution in [3.63, 3.8) is 0 Å². The molecular weight excluding hydrogens is 400 g/mol. The van der Waals surface area contributed by atoms with E-state index in [0.717, 1.165) is 22.4 Å². The van der Waals surface area contributed by atoms with Crippen molar-refractivity contribution in [2.75, 3.05) is 42.2 Å². The molecule has 0 bridgehead atoms. The SMILES string of the molecule is COc1ccc2c(c1OC)C(=O)N1C2=Cc2c(cc3c(c2OC)OCO3)CC1N(C)C. The number of likely N-dealkylation sites (N-methyl/N-ethyl adjacent to an activating group) is 1. The first-order chi connectivity index (χ1) is 15.0. The molecule has 0 saturated carbocycles. The Hall–Kier alpha value is -3.39. The molecule has 0 spiro atoms. The molecule has 8 heteroatoms. The van der Waals surface area contributed by atoms with Crippen molar-refractivity contribution in [2.24, 2.45) is 0 Å². The summed E-state index contributed by atoms with van der Waals surface area (Å²) in [6.45, 7) is 0.159. The van der Waals surface area contributed by atoms with Crippen LogP contribution in [0, 0.1) is 0 Å². The summed E-state index contributed by atoms with van der Waals surface area (Å²) in [5.41, 5.74) is 3.99. The average Bonchev–Trinajstić information content (AvgIpc) is 3.28. The molecule has 2 aromatic carbocycles. The highest BCUT2D eigenvalue weighted by molar-refractivity contribution is 6.14. The van der Waals surface area contributed by atoms with Gasteiger partial charge in [-0.05, 0) is 43.9 Å². The van der Waals surface area contributed by atoms with Crippen molar-refractivity contribution in [3.05, 3.63) is 40.5 Å². The minimum absolute atomic E-state index is 0.123. The van der Waals surface area contributed by atoms with Gasteiger partial charge in [-0.25, -0.2) is 0 Å². The Morgan fingerprint density at radius 3 is 2.52 bits per heavy atom. The van der Waals surface area contributed by atoms with Gasteiger partial charge in [0.05, 0.1) is 38.8 Å². The number of nitrogens with zero attached hydrogens (tertiary/aromatic N) is 2. The third-order valence-corrected chi connectivity index (χ3v) is 6.04. The topological polar surface area (TPSA) is 69.7 Å². The number of carbonyl (C=O) groups excluding carboxylic acids is 1. The minimum atomic E-state index is -0.215. The summed E-state index contributed by atoms with van der Waals surface area (Å²) < 4.78 is 28.0. The van der Waals surface area contributed by atoms with Crippen LogP contribution >= 0.6 is 0 Å². The fourth-order valence-corrected chi connectivity index (χ4v) is 4.60. The molecular formula is C23H24N2O6. The number of benzene rings is 2. The van der Waals surface area contributed by atoms with E-state index in [2.05, 4.69) is 0 Å². The molecule has 0 aromatic heterocycles. The number of methoxy groups -OCH3 is 3. The molecule has 0 fully saturated rings. The molecule has 3 heterocycles.